The van der Waals surface area contributed by atoms with E-state index < -0.39 is 0 Å². The molecule has 2 saturated heterocycles. The molecule has 1 nitrogen and oxygen atoms in total. The van der Waals surface area contributed by atoms with E-state index in [1.807, 2.05) is 0 Å². The van der Waals surface area contributed by atoms with Crippen molar-refractivity contribution in [2.24, 2.45) is 23.7 Å². The Kier molecular flexibility index (Phi) is 1.99. The highest BCUT2D eigenvalue weighted by Gasteiger charge is 2.58. The lowest BCUT2D eigenvalue weighted by molar-refractivity contribution is 0.0859. The van der Waals surface area contributed by atoms with Gasteiger partial charge < -0.3 is 0 Å². The lowest BCUT2D eigenvalue weighted by atomic mass is 9.70. The fraction of sp³-hybridized carbons (Fsp3) is 0.857. The van der Waals surface area contributed by atoms with Crippen LogP contribution in [0.25, 0.3) is 0 Å². The highest BCUT2D eigenvalue weighted by molar-refractivity contribution is 9.11. The second-order valence-corrected chi connectivity index (χ2v) is 7.43. The van der Waals surface area contributed by atoms with Crippen molar-refractivity contribution in [1.82, 2.24) is 4.90 Å². The van der Waals surface area contributed by atoms with E-state index in [2.05, 4.69) is 34.7 Å². The molecule has 5 bridgehead atoms. The highest BCUT2D eigenvalue weighted by atomic mass is 79.9. The van der Waals surface area contributed by atoms with E-state index >= 15 is 0 Å². The summed E-state index contributed by atoms with van der Waals surface area (Å²) in [6, 6.07) is 1.69. The smallest absolute Gasteiger partial charge is 0.0447 e. The summed E-state index contributed by atoms with van der Waals surface area (Å²) < 4.78 is 1.56. The quantitative estimate of drug-likeness (QED) is 0.658. The standard InChI is InChI=1S/C14H20BrN/c1-7-3-11-10-5-9-6-16(12(10)4-7)14(11)13(15)8(9)2/h7,9-12,14H,3-6H2,1-2H3/t7-,9-,10-,11-,12+,14?/m1/s1. The Morgan fingerprint density at radius 1 is 1.19 bits per heavy atom. The van der Waals surface area contributed by atoms with E-state index in [9.17, 15) is 0 Å². The van der Waals surface area contributed by atoms with Gasteiger partial charge >= 0.3 is 0 Å². The van der Waals surface area contributed by atoms with Gasteiger partial charge in [-0.05, 0) is 49.9 Å². The molecule has 3 heterocycles. The minimum Gasteiger partial charge on any atom is -0.292 e. The van der Waals surface area contributed by atoms with Crippen LogP contribution in [0.1, 0.15) is 33.1 Å². The molecule has 1 aliphatic carbocycles. The molecule has 0 aromatic carbocycles. The fourth-order valence-corrected chi connectivity index (χ4v) is 6.04. The summed E-state index contributed by atoms with van der Waals surface area (Å²) in [5.41, 5.74) is 1.67. The molecule has 0 N–H and O–H groups in total. The monoisotopic (exact) mass is 281 g/mol. The van der Waals surface area contributed by atoms with Crippen molar-refractivity contribution in [2.75, 3.05) is 6.54 Å². The number of hydrogen-bond donors (Lipinski definition) is 0. The van der Waals surface area contributed by atoms with Gasteiger partial charge in [0, 0.05) is 23.1 Å². The molecule has 0 amide bonds. The second-order valence-electron chi connectivity index (χ2n) is 6.58. The number of halogens is 1. The van der Waals surface area contributed by atoms with Gasteiger partial charge in [-0.3, -0.25) is 4.90 Å². The summed E-state index contributed by atoms with van der Waals surface area (Å²) in [6.45, 7) is 6.17. The number of rotatable bonds is 0. The largest absolute Gasteiger partial charge is 0.292 e. The molecular formula is C14H20BrN. The Morgan fingerprint density at radius 2 is 2.00 bits per heavy atom. The average Bonchev–Trinajstić information content (AvgIpc) is 2.44. The highest BCUT2D eigenvalue weighted by Crippen LogP contribution is 2.58. The Hall–Kier alpha value is 0.180. The predicted octanol–water partition coefficient (Wildman–Crippen LogP) is 3.40. The van der Waals surface area contributed by atoms with Crippen molar-refractivity contribution >= 4 is 15.9 Å². The summed E-state index contributed by atoms with van der Waals surface area (Å²) in [5, 5.41) is 0. The van der Waals surface area contributed by atoms with Crippen molar-refractivity contribution in [3.05, 3.63) is 10.1 Å². The molecule has 7 atom stereocenters. The minimum atomic E-state index is 0.763. The van der Waals surface area contributed by atoms with Gasteiger partial charge in [-0.25, -0.2) is 0 Å². The lowest BCUT2D eigenvalue weighted by Gasteiger charge is -2.44. The van der Waals surface area contributed by atoms with Crippen molar-refractivity contribution in [2.45, 2.75) is 45.2 Å². The normalized spacial score (nSPS) is 58.3. The van der Waals surface area contributed by atoms with Gasteiger partial charge in [0.05, 0.1) is 0 Å². The Labute approximate surface area is 106 Å². The summed E-state index contributed by atoms with van der Waals surface area (Å²) in [6.07, 6.45) is 4.41. The number of piperidine rings is 1. The molecule has 1 saturated carbocycles. The summed E-state index contributed by atoms with van der Waals surface area (Å²) in [4.78, 5) is 2.85. The van der Waals surface area contributed by atoms with Crippen LogP contribution in [0, 0.1) is 23.7 Å². The maximum Gasteiger partial charge on any atom is 0.0447 e. The van der Waals surface area contributed by atoms with Gasteiger partial charge in [0.25, 0.3) is 0 Å². The molecule has 4 rings (SSSR count). The van der Waals surface area contributed by atoms with Crippen molar-refractivity contribution < 1.29 is 0 Å². The third-order valence-electron chi connectivity index (χ3n) is 5.79. The van der Waals surface area contributed by atoms with Gasteiger partial charge in [-0.2, -0.15) is 0 Å². The number of fused-ring (bicyclic) bond motifs is 2. The minimum absolute atomic E-state index is 0.763. The first kappa shape index (κ1) is 10.1. The summed E-state index contributed by atoms with van der Waals surface area (Å²) in [7, 11) is 0. The van der Waals surface area contributed by atoms with E-state index in [1.165, 1.54) is 25.8 Å². The Balaban J connectivity index is 1.84. The van der Waals surface area contributed by atoms with Crippen LogP contribution in [0.3, 0.4) is 0 Å². The molecule has 88 valence electrons. The van der Waals surface area contributed by atoms with Gasteiger partial charge in [0.2, 0.25) is 0 Å². The lowest BCUT2D eigenvalue weighted by Crippen LogP contribution is -2.48. The first-order chi connectivity index (χ1) is 7.66. The van der Waals surface area contributed by atoms with Crippen LogP contribution in [0.4, 0.5) is 0 Å². The first-order valence-corrected chi connectivity index (χ1v) is 7.58. The molecular weight excluding hydrogens is 262 g/mol. The van der Waals surface area contributed by atoms with E-state index in [-0.39, 0.29) is 0 Å². The third-order valence-corrected chi connectivity index (χ3v) is 6.88. The Morgan fingerprint density at radius 3 is 2.81 bits per heavy atom. The molecule has 0 aromatic heterocycles. The summed E-state index contributed by atoms with van der Waals surface area (Å²) >= 11 is 3.92. The average molecular weight is 282 g/mol. The SMILES string of the molecule is CC1=C(Br)C2[C@@H]3C[C@@H](C)C[C@H]4[C@@H]3C[C@@H]1CN24. The van der Waals surface area contributed by atoms with E-state index in [4.69, 9.17) is 0 Å². The van der Waals surface area contributed by atoms with Crippen LogP contribution in [0.15, 0.2) is 10.1 Å². The van der Waals surface area contributed by atoms with Gasteiger partial charge in [0.15, 0.2) is 0 Å². The van der Waals surface area contributed by atoms with Crippen LogP contribution in [-0.4, -0.2) is 23.5 Å². The maximum absolute atomic E-state index is 3.92. The maximum atomic E-state index is 3.92. The van der Waals surface area contributed by atoms with Crippen LogP contribution < -0.4 is 0 Å². The van der Waals surface area contributed by atoms with E-state index in [1.54, 1.807) is 10.1 Å². The molecule has 3 fully saturated rings. The molecule has 2 unspecified atom stereocenters. The summed E-state index contributed by atoms with van der Waals surface area (Å²) in [5.74, 6) is 3.80. The van der Waals surface area contributed by atoms with Gasteiger partial charge in [-0.15, -0.1) is 0 Å². The molecule has 3 aliphatic heterocycles. The van der Waals surface area contributed by atoms with Crippen molar-refractivity contribution in [3.63, 3.8) is 0 Å². The Bertz CT molecular complexity index is 375. The number of nitrogens with zero attached hydrogens (tertiary/aromatic N) is 1. The van der Waals surface area contributed by atoms with E-state index in [0.29, 0.717) is 0 Å². The van der Waals surface area contributed by atoms with Crippen molar-refractivity contribution in [3.8, 4) is 0 Å². The van der Waals surface area contributed by atoms with E-state index in [0.717, 1.165) is 35.8 Å². The van der Waals surface area contributed by atoms with Gasteiger partial charge in [-0.1, -0.05) is 28.4 Å². The zero-order chi connectivity index (χ0) is 11.0. The van der Waals surface area contributed by atoms with Crippen LogP contribution in [0.5, 0.6) is 0 Å². The van der Waals surface area contributed by atoms with Crippen LogP contribution in [-0.2, 0) is 0 Å². The van der Waals surface area contributed by atoms with Crippen LogP contribution in [0.2, 0.25) is 0 Å². The number of hydrogen-bond acceptors (Lipinski definition) is 1. The zero-order valence-electron chi connectivity index (χ0n) is 10.1. The van der Waals surface area contributed by atoms with Crippen LogP contribution >= 0.6 is 15.9 Å². The molecule has 0 spiro atoms. The fourth-order valence-electron chi connectivity index (χ4n) is 5.12. The first-order valence-electron chi connectivity index (χ1n) is 6.78. The topological polar surface area (TPSA) is 3.24 Å². The molecule has 4 aliphatic rings. The second kappa shape index (κ2) is 3.14. The molecule has 0 radical (unpaired) electrons. The molecule has 2 heteroatoms. The zero-order valence-corrected chi connectivity index (χ0v) is 11.7. The van der Waals surface area contributed by atoms with Crippen molar-refractivity contribution in [1.29, 1.82) is 0 Å². The predicted molar refractivity (Wildman–Crippen MR) is 69.4 cm³/mol. The molecule has 16 heavy (non-hydrogen) atoms. The third kappa shape index (κ3) is 1.06. The molecule has 0 aromatic rings. The van der Waals surface area contributed by atoms with Gasteiger partial charge in [0.1, 0.15) is 0 Å².